The maximum absolute atomic E-state index is 10.7. The summed E-state index contributed by atoms with van der Waals surface area (Å²) in [5, 5.41) is 26.4. The Kier molecular flexibility index (Phi) is 6.21. The Balaban J connectivity index is 4.72. The molecule has 5 nitrogen and oxygen atoms in total. The molecule has 86 valence electrons. The van der Waals surface area contributed by atoms with Crippen molar-refractivity contribution >= 4 is 5.97 Å². The SMILES string of the molecule is CC(C(=O)O)=C(CCCN)CC(O)=CO. The third-order valence-corrected chi connectivity index (χ3v) is 2.08. The van der Waals surface area contributed by atoms with Crippen molar-refractivity contribution in [3.05, 3.63) is 23.2 Å². The summed E-state index contributed by atoms with van der Waals surface area (Å²) >= 11 is 0. The molecule has 0 heterocycles. The molecule has 0 fully saturated rings. The predicted octanol–water partition coefficient (Wildman–Crippen LogP) is 1.47. The molecule has 5 N–H and O–H groups in total. The summed E-state index contributed by atoms with van der Waals surface area (Å²) < 4.78 is 0. The van der Waals surface area contributed by atoms with E-state index in [9.17, 15) is 4.79 Å². The lowest BCUT2D eigenvalue weighted by Crippen LogP contribution is -2.05. The Morgan fingerprint density at radius 2 is 2.00 bits per heavy atom. The van der Waals surface area contributed by atoms with Crippen LogP contribution in [-0.2, 0) is 4.79 Å². The minimum Gasteiger partial charge on any atom is -0.512 e. The van der Waals surface area contributed by atoms with Gasteiger partial charge in [-0.1, -0.05) is 5.57 Å². The summed E-state index contributed by atoms with van der Waals surface area (Å²) in [7, 11) is 0. The monoisotopic (exact) mass is 215 g/mol. The molecule has 0 aliphatic rings. The zero-order valence-corrected chi connectivity index (χ0v) is 8.73. The fourth-order valence-corrected chi connectivity index (χ4v) is 1.14. The third kappa shape index (κ3) is 5.07. The van der Waals surface area contributed by atoms with E-state index in [-0.39, 0.29) is 17.8 Å². The van der Waals surface area contributed by atoms with Crippen LogP contribution in [0.5, 0.6) is 0 Å². The molecule has 0 saturated heterocycles. The summed E-state index contributed by atoms with van der Waals surface area (Å²) in [6, 6.07) is 0. The van der Waals surface area contributed by atoms with E-state index in [1.54, 1.807) is 0 Å². The van der Waals surface area contributed by atoms with Crippen LogP contribution in [0.15, 0.2) is 23.2 Å². The summed E-state index contributed by atoms with van der Waals surface area (Å²) in [5.74, 6) is -1.27. The largest absolute Gasteiger partial charge is 0.512 e. The molecule has 0 amide bonds. The molecule has 0 atom stereocenters. The third-order valence-electron chi connectivity index (χ3n) is 2.08. The number of aliphatic hydroxyl groups is 2. The van der Waals surface area contributed by atoms with Crippen LogP contribution in [0.25, 0.3) is 0 Å². The van der Waals surface area contributed by atoms with Crippen LogP contribution in [0.2, 0.25) is 0 Å². The van der Waals surface area contributed by atoms with Gasteiger partial charge in [0.25, 0.3) is 0 Å². The van der Waals surface area contributed by atoms with Crippen LogP contribution < -0.4 is 5.73 Å². The highest BCUT2D eigenvalue weighted by molar-refractivity contribution is 5.86. The molecule has 0 spiro atoms. The lowest BCUT2D eigenvalue weighted by atomic mass is 10.0. The van der Waals surface area contributed by atoms with Gasteiger partial charge in [0, 0.05) is 12.0 Å². The summed E-state index contributed by atoms with van der Waals surface area (Å²) in [6.45, 7) is 1.93. The topological polar surface area (TPSA) is 104 Å². The first-order valence-corrected chi connectivity index (χ1v) is 4.67. The quantitative estimate of drug-likeness (QED) is 0.397. The highest BCUT2D eigenvalue weighted by Gasteiger charge is 2.10. The smallest absolute Gasteiger partial charge is 0.331 e. The number of hydrogen-bond acceptors (Lipinski definition) is 4. The molecule has 0 aromatic carbocycles. The van der Waals surface area contributed by atoms with E-state index in [1.807, 2.05) is 0 Å². The normalized spacial score (nSPS) is 13.6. The van der Waals surface area contributed by atoms with E-state index in [0.717, 1.165) is 0 Å². The van der Waals surface area contributed by atoms with Crippen molar-refractivity contribution in [2.24, 2.45) is 5.73 Å². The second kappa shape index (κ2) is 6.89. The molecule has 0 saturated carbocycles. The molecule has 0 aromatic heterocycles. The average Bonchev–Trinajstić information content (AvgIpc) is 2.22. The Hall–Kier alpha value is -1.49. The molecule has 0 unspecified atom stereocenters. The maximum atomic E-state index is 10.7. The first kappa shape index (κ1) is 13.5. The predicted molar refractivity (Wildman–Crippen MR) is 56.6 cm³/mol. The molecule has 0 aliphatic heterocycles. The summed E-state index contributed by atoms with van der Waals surface area (Å²) in [6.07, 6.45) is 1.78. The summed E-state index contributed by atoms with van der Waals surface area (Å²) in [4.78, 5) is 10.7. The van der Waals surface area contributed by atoms with Crippen LogP contribution in [0, 0.1) is 0 Å². The molecule has 15 heavy (non-hydrogen) atoms. The number of carbonyl (C=O) groups is 1. The number of carboxylic acids is 1. The van der Waals surface area contributed by atoms with Crippen LogP contribution in [0.4, 0.5) is 0 Å². The number of aliphatic hydroxyl groups excluding tert-OH is 2. The fourth-order valence-electron chi connectivity index (χ4n) is 1.14. The number of aliphatic carboxylic acids is 1. The molecular weight excluding hydrogens is 198 g/mol. The highest BCUT2D eigenvalue weighted by Crippen LogP contribution is 2.18. The van der Waals surface area contributed by atoms with Gasteiger partial charge >= 0.3 is 5.97 Å². The molecule has 0 rings (SSSR count). The van der Waals surface area contributed by atoms with Gasteiger partial charge in [0.2, 0.25) is 0 Å². The second-order valence-corrected chi connectivity index (χ2v) is 3.22. The van der Waals surface area contributed by atoms with Gasteiger partial charge < -0.3 is 21.1 Å². The van der Waals surface area contributed by atoms with Crippen LogP contribution in [-0.4, -0.2) is 27.8 Å². The van der Waals surface area contributed by atoms with Gasteiger partial charge in [-0.25, -0.2) is 4.79 Å². The molecule has 0 bridgehead atoms. The van der Waals surface area contributed by atoms with Crippen molar-refractivity contribution in [1.82, 2.24) is 0 Å². The zero-order chi connectivity index (χ0) is 11.8. The fraction of sp³-hybridized carbons (Fsp3) is 0.500. The molecular formula is C10H17NO4. The van der Waals surface area contributed by atoms with Crippen molar-refractivity contribution in [1.29, 1.82) is 0 Å². The van der Waals surface area contributed by atoms with Gasteiger partial charge in [-0.2, -0.15) is 0 Å². The van der Waals surface area contributed by atoms with Crippen molar-refractivity contribution in [2.75, 3.05) is 6.54 Å². The Labute approximate surface area is 88.5 Å². The number of hydrogen-bond donors (Lipinski definition) is 4. The van der Waals surface area contributed by atoms with Crippen LogP contribution in [0.1, 0.15) is 26.2 Å². The minimum absolute atomic E-state index is 0.0502. The number of carboxylic acid groups (broad SMARTS) is 1. The zero-order valence-electron chi connectivity index (χ0n) is 8.73. The van der Waals surface area contributed by atoms with E-state index in [0.29, 0.717) is 31.2 Å². The van der Waals surface area contributed by atoms with Crippen molar-refractivity contribution in [3.8, 4) is 0 Å². The lowest BCUT2D eigenvalue weighted by molar-refractivity contribution is -0.132. The first-order chi connectivity index (χ1) is 7.02. The van der Waals surface area contributed by atoms with Gasteiger partial charge in [-0.3, -0.25) is 0 Å². The van der Waals surface area contributed by atoms with Crippen LogP contribution in [0.3, 0.4) is 0 Å². The molecule has 0 aromatic rings. The van der Waals surface area contributed by atoms with Gasteiger partial charge in [0.05, 0.1) is 0 Å². The van der Waals surface area contributed by atoms with Gasteiger partial charge in [0.1, 0.15) is 12.0 Å². The van der Waals surface area contributed by atoms with E-state index >= 15 is 0 Å². The number of rotatable bonds is 6. The average molecular weight is 215 g/mol. The van der Waals surface area contributed by atoms with Gasteiger partial charge in [-0.05, 0) is 26.3 Å². The van der Waals surface area contributed by atoms with E-state index in [4.69, 9.17) is 21.1 Å². The van der Waals surface area contributed by atoms with E-state index in [2.05, 4.69) is 0 Å². The van der Waals surface area contributed by atoms with E-state index in [1.165, 1.54) is 6.92 Å². The number of allylic oxidation sites excluding steroid dienone is 1. The maximum Gasteiger partial charge on any atom is 0.331 e. The number of nitrogens with two attached hydrogens (primary N) is 1. The van der Waals surface area contributed by atoms with Crippen molar-refractivity contribution in [2.45, 2.75) is 26.2 Å². The minimum atomic E-state index is -1.02. The Morgan fingerprint density at radius 3 is 2.40 bits per heavy atom. The van der Waals surface area contributed by atoms with Crippen molar-refractivity contribution in [3.63, 3.8) is 0 Å². The van der Waals surface area contributed by atoms with Gasteiger partial charge in [-0.15, -0.1) is 0 Å². The second-order valence-electron chi connectivity index (χ2n) is 3.22. The molecule has 0 aliphatic carbocycles. The standard InChI is InChI=1S/C10H17NO4/c1-7(10(14)15)8(3-2-4-11)5-9(13)6-12/h6,12-13H,2-5,11H2,1H3,(H,14,15). The van der Waals surface area contributed by atoms with Gasteiger partial charge in [0.15, 0.2) is 0 Å². The van der Waals surface area contributed by atoms with Crippen LogP contribution >= 0.6 is 0 Å². The first-order valence-electron chi connectivity index (χ1n) is 4.67. The lowest BCUT2D eigenvalue weighted by Gasteiger charge is -2.08. The Morgan fingerprint density at radius 1 is 1.40 bits per heavy atom. The van der Waals surface area contributed by atoms with E-state index < -0.39 is 5.97 Å². The molecule has 5 heteroatoms. The summed E-state index contributed by atoms with van der Waals surface area (Å²) in [5.41, 5.74) is 6.09. The Bertz CT molecular complexity index is 281. The highest BCUT2D eigenvalue weighted by atomic mass is 16.4. The molecule has 0 radical (unpaired) electrons. The van der Waals surface area contributed by atoms with Crippen molar-refractivity contribution < 1.29 is 20.1 Å².